The molecule has 0 saturated carbocycles. The second-order valence-electron chi connectivity index (χ2n) is 5.38. The lowest BCUT2D eigenvalue weighted by atomic mass is 10.0. The molecule has 0 fully saturated rings. The van der Waals surface area contributed by atoms with Crippen molar-refractivity contribution in [2.45, 2.75) is 19.9 Å². The molecule has 2 aromatic rings. The van der Waals surface area contributed by atoms with Crippen molar-refractivity contribution in [3.8, 4) is 0 Å². The molecule has 0 N–H and O–H groups in total. The van der Waals surface area contributed by atoms with Gasteiger partial charge in [-0.3, -0.25) is 9.88 Å². The van der Waals surface area contributed by atoms with Crippen LogP contribution in [-0.2, 0) is 6.54 Å². The van der Waals surface area contributed by atoms with Crippen LogP contribution in [0.25, 0.3) is 5.57 Å². The SMILES string of the molecule is Cc1cccc(C2=CCCN(Cc3ccccc3)C2)n1. The summed E-state index contributed by atoms with van der Waals surface area (Å²) in [6.45, 7) is 5.19. The van der Waals surface area contributed by atoms with E-state index < -0.39 is 0 Å². The molecule has 0 atom stereocenters. The van der Waals surface area contributed by atoms with Crippen LogP contribution in [0.2, 0.25) is 0 Å². The van der Waals surface area contributed by atoms with Crippen molar-refractivity contribution >= 4 is 5.57 Å². The number of benzene rings is 1. The van der Waals surface area contributed by atoms with Gasteiger partial charge in [0.05, 0.1) is 5.69 Å². The quantitative estimate of drug-likeness (QED) is 0.840. The molecule has 102 valence electrons. The minimum atomic E-state index is 0.991. The highest BCUT2D eigenvalue weighted by Crippen LogP contribution is 2.20. The Balaban J connectivity index is 1.72. The topological polar surface area (TPSA) is 16.1 Å². The lowest BCUT2D eigenvalue weighted by Gasteiger charge is -2.27. The standard InChI is InChI=1S/C18H20N2/c1-15-7-5-11-18(19-15)17-10-6-12-20(14-17)13-16-8-3-2-4-9-16/h2-5,7-11H,6,12-14H2,1H3. The van der Waals surface area contributed by atoms with Crippen molar-refractivity contribution in [2.24, 2.45) is 0 Å². The first-order chi connectivity index (χ1) is 9.81. The van der Waals surface area contributed by atoms with Crippen LogP contribution in [0.5, 0.6) is 0 Å². The van der Waals surface area contributed by atoms with E-state index in [4.69, 9.17) is 0 Å². The van der Waals surface area contributed by atoms with Crippen molar-refractivity contribution in [3.63, 3.8) is 0 Å². The van der Waals surface area contributed by atoms with Gasteiger partial charge in [-0.1, -0.05) is 42.5 Å². The van der Waals surface area contributed by atoms with Gasteiger partial charge in [-0.05, 0) is 36.6 Å². The summed E-state index contributed by atoms with van der Waals surface area (Å²) in [6.07, 6.45) is 3.45. The molecule has 0 amide bonds. The Morgan fingerprint density at radius 1 is 1.05 bits per heavy atom. The van der Waals surface area contributed by atoms with Gasteiger partial charge in [0.1, 0.15) is 0 Å². The van der Waals surface area contributed by atoms with E-state index in [0.29, 0.717) is 0 Å². The van der Waals surface area contributed by atoms with Crippen LogP contribution in [0.15, 0.2) is 54.6 Å². The molecular weight excluding hydrogens is 244 g/mol. The molecule has 0 saturated heterocycles. The molecule has 20 heavy (non-hydrogen) atoms. The van der Waals surface area contributed by atoms with E-state index >= 15 is 0 Å². The maximum atomic E-state index is 4.64. The smallest absolute Gasteiger partial charge is 0.0674 e. The number of aryl methyl sites for hydroxylation is 1. The van der Waals surface area contributed by atoms with Crippen LogP contribution < -0.4 is 0 Å². The molecule has 0 spiro atoms. The molecule has 0 aliphatic carbocycles. The molecule has 1 aromatic heterocycles. The average molecular weight is 264 g/mol. The molecule has 0 radical (unpaired) electrons. The lowest BCUT2D eigenvalue weighted by Crippen LogP contribution is -2.29. The van der Waals surface area contributed by atoms with Gasteiger partial charge in [-0.2, -0.15) is 0 Å². The monoisotopic (exact) mass is 264 g/mol. The number of hydrogen-bond acceptors (Lipinski definition) is 2. The van der Waals surface area contributed by atoms with Crippen LogP contribution >= 0.6 is 0 Å². The second kappa shape index (κ2) is 6.02. The largest absolute Gasteiger partial charge is 0.294 e. The predicted molar refractivity (Wildman–Crippen MR) is 83.3 cm³/mol. The van der Waals surface area contributed by atoms with Gasteiger partial charge in [0.15, 0.2) is 0 Å². The Hall–Kier alpha value is -1.93. The van der Waals surface area contributed by atoms with Gasteiger partial charge in [-0.25, -0.2) is 0 Å². The highest BCUT2D eigenvalue weighted by Gasteiger charge is 2.14. The summed E-state index contributed by atoms with van der Waals surface area (Å²) in [4.78, 5) is 7.14. The highest BCUT2D eigenvalue weighted by molar-refractivity contribution is 5.64. The van der Waals surface area contributed by atoms with Crippen LogP contribution in [0.3, 0.4) is 0 Å². The fourth-order valence-corrected chi connectivity index (χ4v) is 2.69. The molecule has 1 aromatic carbocycles. The van der Waals surface area contributed by atoms with Gasteiger partial charge in [-0.15, -0.1) is 0 Å². The first-order valence-electron chi connectivity index (χ1n) is 7.20. The van der Waals surface area contributed by atoms with Gasteiger partial charge >= 0.3 is 0 Å². The summed E-state index contributed by atoms with van der Waals surface area (Å²) in [5.74, 6) is 0. The highest BCUT2D eigenvalue weighted by atomic mass is 15.1. The second-order valence-corrected chi connectivity index (χ2v) is 5.38. The van der Waals surface area contributed by atoms with Crippen molar-refractivity contribution < 1.29 is 0 Å². The van der Waals surface area contributed by atoms with Crippen LogP contribution in [0, 0.1) is 6.92 Å². The number of aromatic nitrogens is 1. The van der Waals surface area contributed by atoms with Gasteiger partial charge in [0.25, 0.3) is 0 Å². The summed E-state index contributed by atoms with van der Waals surface area (Å²) in [6, 6.07) is 16.9. The van der Waals surface area contributed by atoms with E-state index in [0.717, 1.165) is 37.4 Å². The first kappa shape index (κ1) is 13.1. The Labute approximate surface area is 120 Å². The molecule has 2 heteroatoms. The normalized spacial score (nSPS) is 15.9. The zero-order chi connectivity index (χ0) is 13.8. The third-order valence-electron chi connectivity index (χ3n) is 3.70. The van der Waals surface area contributed by atoms with E-state index in [9.17, 15) is 0 Å². The van der Waals surface area contributed by atoms with E-state index in [1.807, 2.05) is 0 Å². The fraction of sp³-hybridized carbons (Fsp3) is 0.278. The summed E-state index contributed by atoms with van der Waals surface area (Å²) in [5.41, 5.74) is 4.95. The molecule has 2 nitrogen and oxygen atoms in total. The Kier molecular flexibility index (Phi) is 3.93. The maximum absolute atomic E-state index is 4.64. The Morgan fingerprint density at radius 3 is 2.70 bits per heavy atom. The van der Waals surface area contributed by atoms with E-state index in [-0.39, 0.29) is 0 Å². The Morgan fingerprint density at radius 2 is 1.90 bits per heavy atom. The van der Waals surface area contributed by atoms with E-state index in [2.05, 4.69) is 71.4 Å². The molecule has 1 aliphatic heterocycles. The average Bonchev–Trinajstić information content (AvgIpc) is 2.49. The summed E-state index contributed by atoms with van der Waals surface area (Å²) < 4.78 is 0. The number of nitrogens with zero attached hydrogens (tertiary/aromatic N) is 2. The third-order valence-corrected chi connectivity index (χ3v) is 3.70. The van der Waals surface area contributed by atoms with Crippen molar-refractivity contribution in [1.29, 1.82) is 0 Å². The van der Waals surface area contributed by atoms with Gasteiger partial charge in [0.2, 0.25) is 0 Å². The van der Waals surface area contributed by atoms with Crippen LogP contribution in [-0.4, -0.2) is 23.0 Å². The zero-order valence-electron chi connectivity index (χ0n) is 11.9. The fourth-order valence-electron chi connectivity index (χ4n) is 2.69. The molecule has 3 rings (SSSR count). The van der Waals surface area contributed by atoms with E-state index in [1.165, 1.54) is 11.1 Å². The van der Waals surface area contributed by atoms with Crippen molar-refractivity contribution in [3.05, 3.63) is 71.6 Å². The van der Waals surface area contributed by atoms with Crippen LogP contribution in [0.4, 0.5) is 0 Å². The molecule has 0 unspecified atom stereocenters. The zero-order valence-corrected chi connectivity index (χ0v) is 11.9. The number of pyridine rings is 1. The summed E-state index contributed by atoms with van der Waals surface area (Å²) in [7, 11) is 0. The number of rotatable bonds is 3. The summed E-state index contributed by atoms with van der Waals surface area (Å²) >= 11 is 0. The lowest BCUT2D eigenvalue weighted by molar-refractivity contribution is 0.296. The van der Waals surface area contributed by atoms with E-state index in [1.54, 1.807) is 0 Å². The Bertz CT molecular complexity index is 602. The van der Waals surface area contributed by atoms with Gasteiger partial charge < -0.3 is 0 Å². The molecular formula is C18H20N2. The maximum Gasteiger partial charge on any atom is 0.0674 e. The van der Waals surface area contributed by atoms with Crippen molar-refractivity contribution in [2.75, 3.05) is 13.1 Å². The van der Waals surface area contributed by atoms with Crippen LogP contribution in [0.1, 0.15) is 23.4 Å². The first-order valence-corrected chi connectivity index (χ1v) is 7.20. The minimum Gasteiger partial charge on any atom is -0.294 e. The molecule has 2 heterocycles. The third kappa shape index (κ3) is 3.14. The van der Waals surface area contributed by atoms with Gasteiger partial charge in [0, 0.05) is 25.3 Å². The molecule has 1 aliphatic rings. The number of hydrogen-bond donors (Lipinski definition) is 0. The van der Waals surface area contributed by atoms with Crippen molar-refractivity contribution in [1.82, 2.24) is 9.88 Å². The summed E-state index contributed by atoms with van der Waals surface area (Å²) in [5, 5.41) is 0. The minimum absolute atomic E-state index is 0.991. The predicted octanol–water partition coefficient (Wildman–Crippen LogP) is 3.68. The molecule has 0 bridgehead atoms.